The average Bonchev–Trinajstić information content (AvgIpc) is 3.05. The van der Waals surface area contributed by atoms with E-state index in [9.17, 15) is 24.1 Å². The highest BCUT2D eigenvalue weighted by atomic mass is 35.5. The summed E-state index contributed by atoms with van der Waals surface area (Å²) >= 11 is 6.90. The molecule has 3 aromatic rings. The van der Waals surface area contributed by atoms with Gasteiger partial charge in [0, 0.05) is 22.2 Å². The topological polar surface area (TPSA) is 98.5 Å². The summed E-state index contributed by atoms with van der Waals surface area (Å²) in [6, 6.07) is 9.15. The van der Waals surface area contributed by atoms with Crippen LogP contribution in [-0.2, 0) is 9.53 Å². The standard InChI is InChI=1S/C17H10ClFN2O5S/c18-12-7-10(19)1-3-13(12)20-16(22)8-26-17(23)15-6-9-5-11(21(24)25)2-4-14(9)27-15/h1-7H,8H2,(H,20,22). The van der Waals surface area contributed by atoms with Gasteiger partial charge in [-0.1, -0.05) is 11.6 Å². The molecule has 10 heteroatoms. The van der Waals surface area contributed by atoms with E-state index in [-0.39, 0.29) is 21.3 Å². The number of nitrogens with zero attached hydrogens (tertiary/aromatic N) is 1. The van der Waals surface area contributed by atoms with E-state index in [1.807, 2.05) is 0 Å². The van der Waals surface area contributed by atoms with Crippen molar-refractivity contribution in [2.24, 2.45) is 0 Å². The van der Waals surface area contributed by atoms with Crippen molar-refractivity contribution in [3.8, 4) is 0 Å². The normalized spacial score (nSPS) is 10.6. The Labute approximate surface area is 160 Å². The third-order valence-electron chi connectivity index (χ3n) is 3.45. The van der Waals surface area contributed by atoms with Crippen molar-refractivity contribution < 1.29 is 23.6 Å². The number of halogens is 2. The van der Waals surface area contributed by atoms with Crippen molar-refractivity contribution in [3.05, 3.63) is 68.3 Å². The largest absolute Gasteiger partial charge is 0.451 e. The molecule has 0 aliphatic heterocycles. The number of benzene rings is 2. The van der Waals surface area contributed by atoms with Gasteiger partial charge >= 0.3 is 5.97 Å². The number of amides is 1. The second-order valence-corrected chi connectivity index (χ2v) is 6.83. The molecule has 0 aliphatic carbocycles. The fourth-order valence-electron chi connectivity index (χ4n) is 2.22. The molecule has 0 saturated heterocycles. The zero-order chi connectivity index (χ0) is 19.6. The highest BCUT2D eigenvalue weighted by Crippen LogP contribution is 2.29. The summed E-state index contributed by atoms with van der Waals surface area (Å²) in [6.45, 7) is -0.569. The lowest BCUT2D eigenvalue weighted by atomic mass is 10.2. The number of nitrogens with one attached hydrogen (secondary N) is 1. The third-order valence-corrected chi connectivity index (χ3v) is 4.86. The van der Waals surface area contributed by atoms with Gasteiger partial charge in [-0.3, -0.25) is 14.9 Å². The molecule has 0 radical (unpaired) electrons. The van der Waals surface area contributed by atoms with E-state index < -0.39 is 29.2 Å². The molecule has 7 nitrogen and oxygen atoms in total. The molecule has 1 amide bonds. The molecule has 0 fully saturated rings. The first-order chi connectivity index (χ1) is 12.8. The number of esters is 1. The Morgan fingerprint density at radius 3 is 2.70 bits per heavy atom. The van der Waals surface area contributed by atoms with Crippen LogP contribution in [0.25, 0.3) is 10.1 Å². The first-order valence-electron chi connectivity index (χ1n) is 7.43. The van der Waals surface area contributed by atoms with Gasteiger partial charge in [0.25, 0.3) is 11.6 Å². The number of carbonyl (C=O) groups is 2. The smallest absolute Gasteiger partial charge is 0.348 e. The Bertz CT molecular complexity index is 1070. The van der Waals surface area contributed by atoms with Gasteiger partial charge in [0.1, 0.15) is 10.7 Å². The summed E-state index contributed by atoms with van der Waals surface area (Å²) in [5.74, 6) is -1.93. The van der Waals surface area contributed by atoms with Gasteiger partial charge in [-0.05, 0) is 30.3 Å². The minimum atomic E-state index is -0.737. The zero-order valence-corrected chi connectivity index (χ0v) is 15.0. The molecule has 0 unspecified atom stereocenters. The first-order valence-corrected chi connectivity index (χ1v) is 8.63. The van der Waals surface area contributed by atoms with E-state index >= 15 is 0 Å². The van der Waals surface area contributed by atoms with E-state index in [1.54, 1.807) is 0 Å². The van der Waals surface area contributed by atoms with Gasteiger partial charge in [-0.25, -0.2) is 9.18 Å². The molecule has 27 heavy (non-hydrogen) atoms. The van der Waals surface area contributed by atoms with Crippen LogP contribution in [-0.4, -0.2) is 23.4 Å². The summed E-state index contributed by atoms with van der Waals surface area (Å²) in [5.41, 5.74) is 0.101. The predicted octanol–water partition coefficient (Wildman–Crippen LogP) is 4.40. The molecule has 3 rings (SSSR count). The van der Waals surface area contributed by atoms with Crippen LogP contribution in [0.2, 0.25) is 5.02 Å². The van der Waals surface area contributed by atoms with E-state index in [0.717, 1.165) is 23.5 Å². The molecule has 1 aromatic heterocycles. The van der Waals surface area contributed by atoms with E-state index in [2.05, 4.69) is 5.32 Å². The summed E-state index contributed by atoms with van der Waals surface area (Å²) in [7, 11) is 0. The van der Waals surface area contributed by atoms with Crippen LogP contribution in [0, 0.1) is 15.9 Å². The van der Waals surface area contributed by atoms with Crippen LogP contribution < -0.4 is 5.32 Å². The van der Waals surface area contributed by atoms with Crippen LogP contribution in [0.5, 0.6) is 0 Å². The molecular formula is C17H10ClFN2O5S. The van der Waals surface area contributed by atoms with Crippen molar-refractivity contribution in [3.63, 3.8) is 0 Å². The maximum absolute atomic E-state index is 13.0. The van der Waals surface area contributed by atoms with Crippen molar-refractivity contribution in [2.45, 2.75) is 0 Å². The molecule has 0 aliphatic rings. The van der Waals surface area contributed by atoms with Gasteiger partial charge in [-0.15, -0.1) is 11.3 Å². The molecule has 1 heterocycles. The van der Waals surface area contributed by atoms with Crippen molar-refractivity contribution in [2.75, 3.05) is 11.9 Å². The summed E-state index contributed by atoms with van der Waals surface area (Å²) in [6.07, 6.45) is 0. The summed E-state index contributed by atoms with van der Waals surface area (Å²) < 4.78 is 18.6. The van der Waals surface area contributed by atoms with Crippen molar-refractivity contribution >= 4 is 56.3 Å². The summed E-state index contributed by atoms with van der Waals surface area (Å²) in [5, 5.41) is 13.7. The lowest BCUT2D eigenvalue weighted by Gasteiger charge is -2.07. The second-order valence-electron chi connectivity index (χ2n) is 5.34. The Hall–Kier alpha value is -3.04. The second kappa shape index (κ2) is 7.68. The molecular weight excluding hydrogens is 399 g/mol. The van der Waals surface area contributed by atoms with Gasteiger partial charge in [-0.2, -0.15) is 0 Å². The lowest BCUT2D eigenvalue weighted by Crippen LogP contribution is -2.20. The van der Waals surface area contributed by atoms with Crippen LogP contribution in [0.15, 0.2) is 42.5 Å². The Morgan fingerprint density at radius 2 is 2.00 bits per heavy atom. The molecule has 0 bridgehead atoms. The molecule has 0 atom stereocenters. The van der Waals surface area contributed by atoms with Gasteiger partial charge < -0.3 is 10.1 Å². The fraction of sp³-hybridized carbons (Fsp3) is 0.0588. The number of rotatable bonds is 5. The van der Waals surface area contributed by atoms with Crippen molar-refractivity contribution in [1.82, 2.24) is 0 Å². The number of fused-ring (bicyclic) bond motifs is 1. The minimum Gasteiger partial charge on any atom is -0.451 e. The number of ether oxygens (including phenoxy) is 1. The highest BCUT2D eigenvalue weighted by molar-refractivity contribution is 7.20. The molecule has 1 N–H and O–H groups in total. The van der Waals surface area contributed by atoms with Crippen molar-refractivity contribution in [1.29, 1.82) is 0 Å². The third kappa shape index (κ3) is 4.39. The number of non-ortho nitro benzene ring substituents is 1. The number of carbonyl (C=O) groups excluding carboxylic acids is 2. The van der Waals surface area contributed by atoms with Crippen LogP contribution in [0.4, 0.5) is 15.8 Å². The summed E-state index contributed by atoms with van der Waals surface area (Å²) in [4.78, 5) is 34.4. The van der Waals surface area contributed by atoms with E-state index in [0.29, 0.717) is 10.1 Å². The van der Waals surface area contributed by atoms with Crippen LogP contribution in [0.3, 0.4) is 0 Å². The van der Waals surface area contributed by atoms with Gasteiger partial charge in [0.2, 0.25) is 0 Å². The van der Waals surface area contributed by atoms with E-state index in [1.165, 1.54) is 30.3 Å². The lowest BCUT2D eigenvalue weighted by molar-refractivity contribution is -0.384. The zero-order valence-electron chi connectivity index (χ0n) is 13.4. The van der Waals surface area contributed by atoms with E-state index in [4.69, 9.17) is 16.3 Å². The number of nitro groups is 1. The first kappa shape index (κ1) is 18.7. The molecule has 0 saturated carbocycles. The Balaban J connectivity index is 1.64. The quantitative estimate of drug-likeness (QED) is 0.383. The number of anilines is 1. The molecule has 2 aromatic carbocycles. The van der Waals surface area contributed by atoms with Gasteiger partial charge in [0.05, 0.1) is 15.6 Å². The highest BCUT2D eigenvalue weighted by Gasteiger charge is 2.16. The number of hydrogen-bond donors (Lipinski definition) is 1. The monoisotopic (exact) mass is 408 g/mol. The number of hydrogen-bond acceptors (Lipinski definition) is 6. The molecule has 0 spiro atoms. The van der Waals surface area contributed by atoms with Gasteiger partial charge in [0.15, 0.2) is 6.61 Å². The fourth-order valence-corrected chi connectivity index (χ4v) is 3.38. The number of nitro benzene ring substituents is 1. The Kier molecular flexibility index (Phi) is 5.33. The Morgan fingerprint density at radius 1 is 1.22 bits per heavy atom. The maximum Gasteiger partial charge on any atom is 0.348 e. The van der Waals surface area contributed by atoms with Crippen LogP contribution >= 0.6 is 22.9 Å². The van der Waals surface area contributed by atoms with Crippen LogP contribution in [0.1, 0.15) is 9.67 Å². The molecule has 138 valence electrons. The average molecular weight is 409 g/mol. The number of thiophene rings is 1. The minimum absolute atomic E-state index is 0.0146. The predicted molar refractivity (Wildman–Crippen MR) is 98.8 cm³/mol. The maximum atomic E-state index is 13.0. The SMILES string of the molecule is O=C(COC(=O)c1cc2cc([N+](=O)[O-])ccc2s1)Nc1ccc(F)cc1Cl.